The summed E-state index contributed by atoms with van der Waals surface area (Å²) in [7, 11) is 0. The highest BCUT2D eigenvalue weighted by atomic mass is 16.5. The highest BCUT2D eigenvalue weighted by Gasteiger charge is 2.30. The summed E-state index contributed by atoms with van der Waals surface area (Å²) in [4.78, 5) is 24.8. The zero-order valence-corrected chi connectivity index (χ0v) is 14.9. The summed E-state index contributed by atoms with van der Waals surface area (Å²) in [6.07, 6.45) is 5.41. The van der Waals surface area contributed by atoms with Gasteiger partial charge in [0.25, 0.3) is 0 Å². The molecule has 2 N–H and O–H groups in total. The van der Waals surface area contributed by atoms with Gasteiger partial charge >= 0.3 is 0 Å². The molecule has 0 aromatic heterocycles. The molecule has 25 heavy (non-hydrogen) atoms. The number of amides is 2. The summed E-state index contributed by atoms with van der Waals surface area (Å²) in [5, 5.41) is 6.05. The summed E-state index contributed by atoms with van der Waals surface area (Å²) in [5.41, 5.74) is 1.95. The van der Waals surface area contributed by atoms with Crippen LogP contribution in [0.25, 0.3) is 0 Å². The normalized spacial score (nSPS) is 26.2. The minimum atomic E-state index is 0.00169. The Bertz CT molecular complexity index is 603. The Kier molecular flexibility index (Phi) is 6.08. The van der Waals surface area contributed by atoms with Gasteiger partial charge in [0.2, 0.25) is 11.8 Å². The molecule has 136 valence electrons. The largest absolute Gasteiger partial charge is 0.376 e. The predicted molar refractivity (Wildman–Crippen MR) is 97.2 cm³/mol. The van der Waals surface area contributed by atoms with E-state index in [-0.39, 0.29) is 29.8 Å². The number of anilines is 1. The van der Waals surface area contributed by atoms with Gasteiger partial charge in [0.05, 0.1) is 6.10 Å². The molecule has 2 fully saturated rings. The van der Waals surface area contributed by atoms with Crippen molar-refractivity contribution in [1.29, 1.82) is 0 Å². The lowest BCUT2D eigenvalue weighted by atomic mass is 9.81. The van der Waals surface area contributed by atoms with E-state index in [4.69, 9.17) is 4.74 Å². The Hall–Kier alpha value is -1.88. The van der Waals surface area contributed by atoms with E-state index in [9.17, 15) is 9.59 Å². The zero-order chi connectivity index (χ0) is 17.6. The van der Waals surface area contributed by atoms with Crippen LogP contribution in [-0.4, -0.2) is 31.1 Å². The molecule has 1 heterocycles. The summed E-state index contributed by atoms with van der Waals surface area (Å²) >= 11 is 0. The van der Waals surface area contributed by atoms with E-state index in [1.54, 1.807) is 0 Å². The van der Waals surface area contributed by atoms with E-state index in [1.807, 2.05) is 31.2 Å². The lowest BCUT2D eigenvalue weighted by Gasteiger charge is -2.27. The molecule has 5 heteroatoms. The number of hydrogen-bond acceptors (Lipinski definition) is 3. The summed E-state index contributed by atoms with van der Waals surface area (Å²) in [5.74, 6) is 0.228. The average Bonchev–Trinajstić information content (AvgIpc) is 3.15. The molecule has 0 bridgehead atoms. The number of aryl methyl sites for hydroxylation is 1. The molecule has 0 spiro atoms. The van der Waals surface area contributed by atoms with Gasteiger partial charge in [-0.1, -0.05) is 18.2 Å². The number of nitrogens with one attached hydrogen (secondary N) is 2. The first kappa shape index (κ1) is 17.9. The topological polar surface area (TPSA) is 67.4 Å². The molecule has 1 aliphatic carbocycles. The van der Waals surface area contributed by atoms with Gasteiger partial charge in [-0.2, -0.15) is 0 Å². The van der Waals surface area contributed by atoms with Crippen LogP contribution < -0.4 is 10.6 Å². The Labute approximate surface area is 149 Å². The fourth-order valence-electron chi connectivity index (χ4n) is 3.73. The Balaban J connectivity index is 1.42. The average molecular weight is 344 g/mol. The first-order valence-electron chi connectivity index (χ1n) is 9.39. The molecular formula is C20H28N2O3. The zero-order valence-electron chi connectivity index (χ0n) is 14.9. The number of hydrogen-bond donors (Lipinski definition) is 2. The van der Waals surface area contributed by atoms with Gasteiger partial charge in [0.15, 0.2) is 0 Å². The third kappa shape index (κ3) is 4.82. The first-order chi connectivity index (χ1) is 12.1. The van der Waals surface area contributed by atoms with Gasteiger partial charge < -0.3 is 15.4 Å². The van der Waals surface area contributed by atoms with Crippen molar-refractivity contribution < 1.29 is 14.3 Å². The molecule has 1 aromatic rings. The summed E-state index contributed by atoms with van der Waals surface area (Å²) in [6.45, 7) is 3.42. The lowest BCUT2D eigenvalue weighted by molar-refractivity contribution is -0.128. The second kappa shape index (κ2) is 8.48. The number of ether oxygens (including phenoxy) is 1. The standard InChI is InChI=1S/C20H28N2O3/c1-14-5-2-3-7-18(14)22-20(24)16-10-8-15(9-11-16)19(23)21-13-17-6-4-12-25-17/h2-3,5,7,15-17H,4,6,8-13H2,1H3,(H,21,23)(H,22,24). The van der Waals surface area contributed by atoms with Crippen molar-refractivity contribution in [3.8, 4) is 0 Å². The van der Waals surface area contributed by atoms with Crippen LogP contribution in [0.1, 0.15) is 44.1 Å². The van der Waals surface area contributed by atoms with Crippen LogP contribution in [0, 0.1) is 18.8 Å². The molecule has 1 saturated heterocycles. The van der Waals surface area contributed by atoms with Gasteiger partial charge in [-0.3, -0.25) is 9.59 Å². The second-order valence-electron chi connectivity index (χ2n) is 7.23. The predicted octanol–water partition coefficient (Wildman–Crippen LogP) is 3.04. The van der Waals surface area contributed by atoms with Crippen molar-refractivity contribution in [1.82, 2.24) is 5.32 Å². The molecule has 1 aliphatic heterocycles. The van der Waals surface area contributed by atoms with Gasteiger partial charge in [-0.25, -0.2) is 0 Å². The minimum absolute atomic E-state index is 0.00169. The Morgan fingerprint density at radius 2 is 1.72 bits per heavy atom. The Morgan fingerprint density at radius 3 is 2.36 bits per heavy atom. The third-order valence-electron chi connectivity index (χ3n) is 5.40. The van der Waals surface area contributed by atoms with Gasteiger partial charge in [-0.05, 0) is 57.1 Å². The second-order valence-corrected chi connectivity index (χ2v) is 7.23. The fourth-order valence-corrected chi connectivity index (χ4v) is 3.73. The van der Waals surface area contributed by atoms with Crippen molar-refractivity contribution in [2.75, 3.05) is 18.5 Å². The molecule has 1 aromatic carbocycles. The van der Waals surface area contributed by atoms with Crippen LogP contribution in [0.5, 0.6) is 0 Å². The van der Waals surface area contributed by atoms with E-state index in [0.717, 1.165) is 56.4 Å². The number of carbonyl (C=O) groups excluding carboxylic acids is 2. The van der Waals surface area contributed by atoms with E-state index in [1.165, 1.54) is 0 Å². The third-order valence-corrected chi connectivity index (χ3v) is 5.40. The van der Waals surface area contributed by atoms with Gasteiger partial charge in [-0.15, -0.1) is 0 Å². The molecule has 2 aliphatic rings. The summed E-state index contributed by atoms with van der Waals surface area (Å²) in [6, 6.07) is 7.81. The monoisotopic (exact) mass is 344 g/mol. The Morgan fingerprint density at radius 1 is 1.04 bits per heavy atom. The molecular weight excluding hydrogens is 316 g/mol. The smallest absolute Gasteiger partial charge is 0.227 e. The molecule has 1 unspecified atom stereocenters. The molecule has 3 rings (SSSR count). The van der Waals surface area contributed by atoms with Crippen LogP contribution in [-0.2, 0) is 14.3 Å². The van der Waals surface area contributed by atoms with E-state index >= 15 is 0 Å². The van der Waals surface area contributed by atoms with Crippen molar-refractivity contribution in [3.63, 3.8) is 0 Å². The number of para-hydroxylation sites is 1. The maximum Gasteiger partial charge on any atom is 0.227 e. The fraction of sp³-hybridized carbons (Fsp3) is 0.600. The van der Waals surface area contributed by atoms with Gasteiger partial charge in [0.1, 0.15) is 0 Å². The highest BCUT2D eigenvalue weighted by Crippen LogP contribution is 2.30. The molecule has 1 atom stereocenters. The van der Waals surface area contributed by atoms with Crippen molar-refractivity contribution >= 4 is 17.5 Å². The first-order valence-corrected chi connectivity index (χ1v) is 9.39. The maximum absolute atomic E-state index is 12.5. The number of rotatable bonds is 5. The van der Waals surface area contributed by atoms with E-state index in [2.05, 4.69) is 10.6 Å². The van der Waals surface area contributed by atoms with Crippen LogP contribution in [0.2, 0.25) is 0 Å². The van der Waals surface area contributed by atoms with Crippen LogP contribution >= 0.6 is 0 Å². The SMILES string of the molecule is Cc1ccccc1NC(=O)C1CCC(C(=O)NCC2CCCO2)CC1. The lowest BCUT2D eigenvalue weighted by Crippen LogP contribution is -2.38. The molecule has 2 amide bonds. The quantitative estimate of drug-likeness (QED) is 0.863. The van der Waals surface area contributed by atoms with Crippen LogP contribution in [0.3, 0.4) is 0 Å². The van der Waals surface area contributed by atoms with E-state index in [0.29, 0.717) is 6.54 Å². The number of carbonyl (C=O) groups is 2. The molecule has 0 radical (unpaired) electrons. The highest BCUT2D eigenvalue weighted by molar-refractivity contribution is 5.93. The summed E-state index contributed by atoms with van der Waals surface area (Å²) < 4.78 is 5.54. The van der Waals surface area contributed by atoms with Crippen molar-refractivity contribution in [2.24, 2.45) is 11.8 Å². The van der Waals surface area contributed by atoms with Crippen molar-refractivity contribution in [3.05, 3.63) is 29.8 Å². The molecule has 5 nitrogen and oxygen atoms in total. The van der Waals surface area contributed by atoms with Crippen LogP contribution in [0.15, 0.2) is 24.3 Å². The van der Waals surface area contributed by atoms with E-state index < -0.39 is 0 Å². The molecule has 1 saturated carbocycles. The van der Waals surface area contributed by atoms with Crippen LogP contribution in [0.4, 0.5) is 5.69 Å². The van der Waals surface area contributed by atoms with Gasteiger partial charge in [0, 0.05) is 30.7 Å². The minimum Gasteiger partial charge on any atom is -0.376 e. The van der Waals surface area contributed by atoms with Crippen molar-refractivity contribution in [2.45, 2.75) is 51.6 Å². The number of benzene rings is 1. The maximum atomic E-state index is 12.5.